The molecule has 92 valence electrons. The average molecular weight is 262 g/mol. The fraction of sp³-hybridized carbons (Fsp3) is 0.143. The van der Waals surface area contributed by atoms with E-state index in [0.29, 0.717) is 16.1 Å². The molecule has 1 aromatic rings. The van der Waals surface area contributed by atoms with Crippen LogP contribution < -0.4 is 0 Å². The molecule has 0 aliphatic heterocycles. The summed E-state index contributed by atoms with van der Waals surface area (Å²) in [4.78, 5) is 24.7. The summed E-state index contributed by atoms with van der Waals surface area (Å²) in [5.41, 5.74) is 0.968. The third-order valence-electron chi connectivity index (χ3n) is 2.80. The molecule has 0 saturated heterocycles. The van der Waals surface area contributed by atoms with E-state index in [2.05, 4.69) is 0 Å². The number of allylic oxidation sites excluding steroid dienone is 4. The Kier molecular flexibility index (Phi) is 3.48. The highest BCUT2D eigenvalue weighted by Crippen LogP contribution is 2.32. The van der Waals surface area contributed by atoms with Gasteiger partial charge in [0.2, 0.25) is 0 Å². The number of hydrogen-bond acceptors (Lipinski definition) is 3. The summed E-state index contributed by atoms with van der Waals surface area (Å²) in [6.45, 7) is 3.29. The molecule has 0 saturated carbocycles. The van der Waals surface area contributed by atoms with Crippen molar-refractivity contribution in [2.24, 2.45) is 0 Å². The van der Waals surface area contributed by atoms with Gasteiger partial charge >= 0.3 is 0 Å². The Morgan fingerprint density at radius 2 is 1.61 bits per heavy atom. The van der Waals surface area contributed by atoms with Crippen LogP contribution in [0.3, 0.4) is 0 Å². The van der Waals surface area contributed by atoms with Crippen LogP contribution in [0.15, 0.2) is 51.3 Å². The minimum atomic E-state index is -0.328. The first kappa shape index (κ1) is 12.8. The molecule has 18 heavy (non-hydrogen) atoms. The number of ketones is 2. The van der Waals surface area contributed by atoms with Gasteiger partial charge in [0, 0.05) is 22.1 Å². The van der Waals surface area contributed by atoms with Gasteiger partial charge in [-0.2, -0.15) is 0 Å². The molecule has 0 N–H and O–H groups in total. The number of halogens is 1. The SMILES string of the molecule is CC1=C(C)C(=O)C(Sc2ccc(F)cc2)=CC1=O. The first-order valence-electron chi connectivity index (χ1n) is 5.40. The molecule has 0 spiro atoms. The van der Waals surface area contributed by atoms with Crippen LogP contribution in [0.2, 0.25) is 0 Å². The lowest BCUT2D eigenvalue weighted by atomic mass is 9.97. The van der Waals surface area contributed by atoms with Gasteiger partial charge in [-0.15, -0.1) is 0 Å². The van der Waals surface area contributed by atoms with Gasteiger partial charge in [0.05, 0.1) is 4.91 Å². The van der Waals surface area contributed by atoms with Crippen molar-refractivity contribution in [1.29, 1.82) is 0 Å². The Morgan fingerprint density at radius 3 is 2.22 bits per heavy atom. The monoisotopic (exact) mass is 262 g/mol. The molecule has 0 aromatic heterocycles. The topological polar surface area (TPSA) is 34.1 Å². The smallest absolute Gasteiger partial charge is 0.195 e. The van der Waals surface area contributed by atoms with Crippen LogP contribution in [0.4, 0.5) is 4.39 Å². The second-order valence-electron chi connectivity index (χ2n) is 4.01. The molecule has 0 atom stereocenters. The van der Waals surface area contributed by atoms with Crippen LogP contribution in [0.1, 0.15) is 13.8 Å². The molecule has 2 nitrogen and oxygen atoms in total. The molecular weight excluding hydrogens is 251 g/mol. The summed E-state index contributed by atoms with van der Waals surface area (Å²) in [5.74, 6) is -0.607. The molecular formula is C14H11FO2S. The van der Waals surface area contributed by atoms with Gasteiger partial charge in [-0.05, 0) is 38.1 Å². The highest BCUT2D eigenvalue weighted by molar-refractivity contribution is 8.04. The van der Waals surface area contributed by atoms with Gasteiger partial charge in [-0.1, -0.05) is 11.8 Å². The van der Waals surface area contributed by atoms with Crippen LogP contribution in [-0.2, 0) is 9.59 Å². The van der Waals surface area contributed by atoms with Crippen LogP contribution in [0.5, 0.6) is 0 Å². The third kappa shape index (κ3) is 2.43. The van der Waals surface area contributed by atoms with Crippen molar-refractivity contribution in [3.05, 3.63) is 52.2 Å². The Morgan fingerprint density at radius 1 is 1.00 bits per heavy atom. The standard InChI is InChI=1S/C14H11FO2S/c1-8-9(2)14(17)13(7-12(8)16)18-11-5-3-10(15)4-6-11/h3-7H,1-2H3. The maximum absolute atomic E-state index is 12.8. The van der Waals surface area contributed by atoms with Gasteiger partial charge in [0.15, 0.2) is 11.6 Å². The number of benzene rings is 1. The fourth-order valence-electron chi connectivity index (χ4n) is 1.54. The van der Waals surface area contributed by atoms with Gasteiger partial charge in [-0.25, -0.2) is 4.39 Å². The Labute approximate surface area is 109 Å². The van der Waals surface area contributed by atoms with E-state index in [4.69, 9.17) is 0 Å². The minimum Gasteiger partial charge on any atom is -0.290 e. The van der Waals surface area contributed by atoms with Crippen molar-refractivity contribution < 1.29 is 14.0 Å². The fourth-order valence-corrected chi connectivity index (χ4v) is 2.48. The van der Waals surface area contributed by atoms with E-state index in [9.17, 15) is 14.0 Å². The normalized spacial score (nSPS) is 16.1. The Bertz CT molecular complexity index is 582. The minimum absolute atomic E-state index is 0.138. The molecule has 0 radical (unpaired) electrons. The quantitative estimate of drug-likeness (QED) is 0.767. The summed E-state index contributed by atoms with van der Waals surface area (Å²) >= 11 is 1.18. The first-order valence-corrected chi connectivity index (χ1v) is 6.22. The van der Waals surface area contributed by atoms with E-state index in [-0.39, 0.29) is 17.4 Å². The summed E-state index contributed by atoms with van der Waals surface area (Å²) < 4.78 is 12.8. The zero-order valence-corrected chi connectivity index (χ0v) is 10.8. The number of carbonyl (C=O) groups excluding carboxylic acids is 2. The zero-order chi connectivity index (χ0) is 13.3. The first-order chi connectivity index (χ1) is 8.49. The van der Waals surface area contributed by atoms with Gasteiger partial charge < -0.3 is 0 Å². The van der Waals surface area contributed by atoms with E-state index in [0.717, 1.165) is 4.90 Å². The molecule has 1 aliphatic rings. The van der Waals surface area contributed by atoms with Crippen molar-refractivity contribution in [2.75, 3.05) is 0 Å². The highest BCUT2D eigenvalue weighted by atomic mass is 32.2. The summed E-state index contributed by atoms with van der Waals surface area (Å²) in [7, 11) is 0. The number of thioether (sulfide) groups is 1. The average Bonchev–Trinajstić information content (AvgIpc) is 2.36. The molecule has 0 heterocycles. The Hall–Kier alpha value is -1.68. The van der Waals surface area contributed by atoms with Gasteiger partial charge in [0.1, 0.15) is 5.82 Å². The maximum atomic E-state index is 12.8. The van der Waals surface area contributed by atoms with Crippen LogP contribution >= 0.6 is 11.8 Å². The van der Waals surface area contributed by atoms with Gasteiger partial charge in [-0.3, -0.25) is 9.59 Å². The number of hydrogen-bond donors (Lipinski definition) is 0. The molecule has 4 heteroatoms. The van der Waals surface area contributed by atoms with Crippen LogP contribution in [-0.4, -0.2) is 11.6 Å². The molecule has 0 amide bonds. The lowest BCUT2D eigenvalue weighted by molar-refractivity contribution is -0.115. The van der Waals surface area contributed by atoms with Crippen molar-refractivity contribution in [2.45, 2.75) is 18.7 Å². The largest absolute Gasteiger partial charge is 0.290 e. The highest BCUT2D eigenvalue weighted by Gasteiger charge is 2.23. The predicted octanol–water partition coefficient (Wildman–Crippen LogP) is 3.29. The number of Topliss-reactive ketones (excluding diaryl/α,β-unsaturated/α-hetero) is 1. The zero-order valence-electron chi connectivity index (χ0n) is 9.99. The molecule has 0 unspecified atom stereocenters. The van der Waals surface area contributed by atoms with E-state index >= 15 is 0 Å². The second kappa shape index (κ2) is 4.90. The molecule has 0 fully saturated rings. The molecule has 2 rings (SSSR count). The number of carbonyl (C=O) groups is 2. The van der Waals surface area contributed by atoms with Crippen molar-refractivity contribution in [3.8, 4) is 0 Å². The summed E-state index contributed by atoms with van der Waals surface area (Å²) in [6.07, 6.45) is 1.35. The lowest BCUT2D eigenvalue weighted by Gasteiger charge is -2.13. The predicted molar refractivity (Wildman–Crippen MR) is 68.7 cm³/mol. The number of rotatable bonds is 2. The van der Waals surface area contributed by atoms with Crippen molar-refractivity contribution >= 4 is 23.3 Å². The second-order valence-corrected chi connectivity index (χ2v) is 5.12. The van der Waals surface area contributed by atoms with Crippen LogP contribution in [0, 0.1) is 5.82 Å². The van der Waals surface area contributed by atoms with Gasteiger partial charge in [0.25, 0.3) is 0 Å². The summed E-state index contributed by atoms with van der Waals surface area (Å²) in [5, 5.41) is 0. The molecule has 0 bridgehead atoms. The summed E-state index contributed by atoms with van der Waals surface area (Å²) in [6, 6.07) is 5.82. The molecule has 1 aromatic carbocycles. The van der Waals surface area contributed by atoms with Crippen molar-refractivity contribution in [3.63, 3.8) is 0 Å². The van der Waals surface area contributed by atoms with Crippen LogP contribution in [0.25, 0.3) is 0 Å². The lowest BCUT2D eigenvalue weighted by Crippen LogP contribution is -2.14. The van der Waals surface area contributed by atoms with E-state index in [1.807, 2.05) is 0 Å². The molecule has 1 aliphatic carbocycles. The van der Waals surface area contributed by atoms with E-state index < -0.39 is 0 Å². The van der Waals surface area contributed by atoms with E-state index in [1.165, 1.54) is 30.0 Å². The van der Waals surface area contributed by atoms with E-state index in [1.54, 1.807) is 26.0 Å². The third-order valence-corrected chi connectivity index (χ3v) is 3.83. The Balaban J connectivity index is 2.26. The van der Waals surface area contributed by atoms with Crippen molar-refractivity contribution in [1.82, 2.24) is 0 Å². The maximum Gasteiger partial charge on any atom is 0.195 e.